The predicted molar refractivity (Wildman–Crippen MR) is 75.1 cm³/mol. The molecule has 0 bridgehead atoms. The number of hydrogen-bond donors (Lipinski definition) is 3. The number of aliphatic hydroxyl groups is 1. The summed E-state index contributed by atoms with van der Waals surface area (Å²) >= 11 is 0. The minimum atomic E-state index is 0.101. The van der Waals surface area contributed by atoms with Gasteiger partial charge < -0.3 is 15.7 Å². The fourth-order valence-corrected chi connectivity index (χ4v) is 1.66. The van der Waals surface area contributed by atoms with Crippen molar-refractivity contribution >= 4 is 11.6 Å². The molecule has 1 heterocycles. The number of rotatable bonds is 8. The van der Waals surface area contributed by atoms with Crippen LogP contribution in [0.2, 0.25) is 0 Å². The molecule has 5 nitrogen and oxygen atoms in total. The lowest BCUT2D eigenvalue weighted by atomic mass is 10.2. The third-order valence-electron chi connectivity index (χ3n) is 2.61. The van der Waals surface area contributed by atoms with Crippen LogP contribution in [0.1, 0.15) is 38.1 Å². The molecule has 1 aromatic heterocycles. The topological polar surface area (TPSA) is 70.1 Å². The molecular weight excluding hydrogens is 228 g/mol. The quantitative estimate of drug-likeness (QED) is 0.660. The lowest BCUT2D eigenvalue weighted by Crippen LogP contribution is -2.13. The van der Waals surface area contributed by atoms with Crippen LogP contribution in [0.5, 0.6) is 0 Å². The summed E-state index contributed by atoms with van der Waals surface area (Å²) in [4.78, 5) is 9.04. The maximum atomic E-state index is 8.88. The molecule has 0 spiro atoms. The van der Waals surface area contributed by atoms with Gasteiger partial charge in [0.15, 0.2) is 0 Å². The SMILES string of the molecule is CCCNc1nc(CCC)nc(NCCO)c1C. The largest absolute Gasteiger partial charge is 0.395 e. The zero-order chi connectivity index (χ0) is 13.4. The second-order valence-electron chi connectivity index (χ2n) is 4.29. The number of hydrogen-bond acceptors (Lipinski definition) is 5. The number of aliphatic hydroxyl groups excluding tert-OH is 1. The lowest BCUT2D eigenvalue weighted by Gasteiger charge is -2.14. The monoisotopic (exact) mass is 252 g/mol. The van der Waals surface area contributed by atoms with Crippen LogP contribution in [0.25, 0.3) is 0 Å². The van der Waals surface area contributed by atoms with E-state index in [2.05, 4.69) is 34.4 Å². The summed E-state index contributed by atoms with van der Waals surface area (Å²) in [5.41, 5.74) is 1.01. The lowest BCUT2D eigenvalue weighted by molar-refractivity contribution is 0.311. The maximum Gasteiger partial charge on any atom is 0.134 e. The van der Waals surface area contributed by atoms with Crippen LogP contribution in [0, 0.1) is 6.92 Å². The van der Waals surface area contributed by atoms with Crippen molar-refractivity contribution in [2.75, 3.05) is 30.3 Å². The van der Waals surface area contributed by atoms with E-state index in [1.165, 1.54) is 0 Å². The first-order valence-corrected chi connectivity index (χ1v) is 6.69. The highest BCUT2D eigenvalue weighted by Gasteiger charge is 2.09. The van der Waals surface area contributed by atoms with Gasteiger partial charge in [0.05, 0.1) is 6.61 Å². The Balaban J connectivity index is 2.95. The molecule has 0 aliphatic carbocycles. The number of aromatic nitrogens is 2. The number of aryl methyl sites for hydroxylation is 1. The van der Waals surface area contributed by atoms with Crippen molar-refractivity contribution in [2.24, 2.45) is 0 Å². The molecule has 0 saturated heterocycles. The van der Waals surface area contributed by atoms with Crippen molar-refractivity contribution < 1.29 is 5.11 Å². The Bertz CT molecular complexity index is 339. The Morgan fingerprint density at radius 1 is 1.00 bits per heavy atom. The Hall–Kier alpha value is -1.36. The highest BCUT2D eigenvalue weighted by molar-refractivity contribution is 5.57. The molecule has 0 radical (unpaired) electrons. The number of nitrogens with one attached hydrogen (secondary N) is 2. The minimum absolute atomic E-state index is 0.101. The Morgan fingerprint density at radius 3 is 2.11 bits per heavy atom. The standard InChI is InChI=1S/C13H24N4O/c1-4-6-11-16-12(14-7-5-2)10(3)13(17-11)15-8-9-18/h18H,4-9H2,1-3H3,(H2,14,15,16,17). The highest BCUT2D eigenvalue weighted by atomic mass is 16.3. The van der Waals surface area contributed by atoms with Crippen LogP contribution >= 0.6 is 0 Å². The molecule has 0 unspecified atom stereocenters. The Morgan fingerprint density at radius 2 is 1.61 bits per heavy atom. The Labute approximate surface area is 109 Å². The molecule has 1 aromatic rings. The van der Waals surface area contributed by atoms with Crippen LogP contribution in [0.4, 0.5) is 11.6 Å². The summed E-state index contributed by atoms with van der Waals surface area (Å²) in [6.07, 6.45) is 2.95. The van der Waals surface area contributed by atoms with Gasteiger partial charge in [-0.1, -0.05) is 13.8 Å². The van der Waals surface area contributed by atoms with Crippen molar-refractivity contribution in [1.29, 1.82) is 0 Å². The second kappa shape index (κ2) is 7.87. The number of nitrogens with zero attached hydrogens (tertiary/aromatic N) is 2. The van der Waals surface area contributed by atoms with Crippen molar-refractivity contribution in [3.8, 4) is 0 Å². The molecule has 0 fully saturated rings. The van der Waals surface area contributed by atoms with Crippen LogP contribution < -0.4 is 10.6 Å². The van der Waals surface area contributed by atoms with Gasteiger partial charge in [-0.3, -0.25) is 0 Å². The van der Waals surface area contributed by atoms with Crippen molar-refractivity contribution in [1.82, 2.24) is 9.97 Å². The van der Waals surface area contributed by atoms with Gasteiger partial charge in [0, 0.05) is 25.1 Å². The minimum Gasteiger partial charge on any atom is -0.395 e. The predicted octanol–water partition coefficient (Wildman–Crippen LogP) is 1.96. The smallest absolute Gasteiger partial charge is 0.134 e. The molecule has 0 aliphatic heterocycles. The molecule has 0 atom stereocenters. The van der Waals surface area contributed by atoms with E-state index in [1.807, 2.05) is 6.92 Å². The first-order valence-electron chi connectivity index (χ1n) is 6.69. The fraction of sp³-hybridized carbons (Fsp3) is 0.692. The molecule has 5 heteroatoms. The molecule has 102 valence electrons. The first-order chi connectivity index (χ1) is 8.72. The fourth-order valence-electron chi connectivity index (χ4n) is 1.66. The molecule has 1 rings (SSSR count). The number of anilines is 2. The van der Waals surface area contributed by atoms with E-state index in [4.69, 9.17) is 5.11 Å². The summed E-state index contributed by atoms with van der Waals surface area (Å²) in [5.74, 6) is 2.57. The third kappa shape index (κ3) is 4.14. The zero-order valence-corrected chi connectivity index (χ0v) is 11.6. The highest BCUT2D eigenvalue weighted by Crippen LogP contribution is 2.20. The molecule has 0 aromatic carbocycles. The van der Waals surface area contributed by atoms with Crippen LogP contribution in [-0.4, -0.2) is 34.8 Å². The van der Waals surface area contributed by atoms with E-state index in [1.54, 1.807) is 0 Å². The van der Waals surface area contributed by atoms with E-state index in [9.17, 15) is 0 Å². The van der Waals surface area contributed by atoms with Crippen LogP contribution in [0.3, 0.4) is 0 Å². The molecule has 0 aliphatic rings. The summed E-state index contributed by atoms with van der Waals surface area (Å²) in [5, 5.41) is 15.3. The van der Waals surface area contributed by atoms with Crippen molar-refractivity contribution in [3.63, 3.8) is 0 Å². The van der Waals surface area contributed by atoms with Gasteiger partial charge in [-0.2, -0.15) is 0 Å². The van der Waals surface area contributed by atoms with Gasteiger partial charge in [0.2, 0.25) is 0 Å². The normalized spacial score (nSPS) is 10.4. The van der Waals surface area contributed by atoms with Crippen molar-refractivity contribution in [2.45, 2.75) is 40.0 Å². The van der Waals surface area contributed by atoms with Gasteiger partial charge in [-0.15, -0.1) is 0 Å². The molecular formula is C13H24N4O. The average molecular weight is 252 g/mol. The van der Waals surface area contributed by atoms with Gasteiger partial charge in [0.25, 0.3) is 0 Å². The average Bonchev–Trinajstić information content (AvgIpc) is 2.37. The van der Waals surface area contributed by atoms with E-state index >= 15 is 0 Å². The Kier molecular flexibility index (Phi) is 6.43. The van der Waals surface area contributed by atoms with Gasteiger partial charge >= 0.3 is 0 Å². The molecule has 3 N–H and O–H groups in total. The first kappa shape index (κ1) is 14.7. The zero-order valence-electron chi connectivity index (χ0n) is 11.6. The second-order valence-corrected chi connectivity index (χ2v) is 4.29. The van der Waals surface area contributed by atoms with Crippen LogP contribution in [0.15, 0.2) is 0 Å². The van der Waals surface area contributed by atoms with Gasteiger partial charge in [-0.05, 0) is 19.8 Å². The van der Waals surface area contributed by atoms with E-state index < -0.39 is 0 Å². The van der Waals surface area contributed by atoms with Crippen molar-refractivity contribution in [3.05, 3.63) is 11.4 Å². The van der Waals surface area contributed by atoms with Crippen LogP contribution in [-0.2, 0) is 6.42 Å². The van der Waals surface area contributed by atoms with Gasteiger partial charge in [-0.25, -0.2) is 9.97 Å². The summed E-state index contributed by atoms with van der Waals surface area (Å²) < 4.78 is 0. The summed E-state index contributed by atoms with van der Waals surface area (Å²) in [6.45, 7) is 7.75. The maximum absolute atomic E-state index is 8.88. The van der Waals surface area contributed by atoms with E-state index in [-0.39, 0.29) is 6.61 Å². The van der Waals surface area contributed by atoms with E-state index in [0.29, 0.717) is 6.54 Å². The van der Waals surface area contributed by atoms with E-state index in [0.717, 1.165) is 48.8 Å². The molecule has 0 saturated carbocycles. The molecule has 18 heavy (non-hydrogen) atoms. The molecule has 0 amide bonds. The third-order valence-corrected chi connectivity index (χ3v) is 2.61. The summed E-state index contributed by atoms with van der Waals surface area (Å²) in [6, 6.07) is 0. The van der Waals surface area contributed by atoms with Gasteiger partial charge in [0.1, 0.15) is 17.5 Å². The summed E-state index contributed by atoms with van der Waals surface area (Å²) in [7, 11) is 0.